The molecule has 1 N–H and O–H groups in total. The van der Waals surface area contributed by atoms with Crippen LogP contribution in [0.5, 0.6) is 0 Å². The Balaban J connectivity index is 1.90. The predicted molar refractivity (Wildman–Crippen MR) is 72.7 cm³/mol. The standard InChI is InChI=1S/C15H25NO3/c1-3-11-4-6-12(7-5-11)13(17)16-9-8-15(2,10-16)14(18)19/h11-12H,3-10H2,1-2H3,(H,18,19). The fourth-order valence-electron chi connectivity index (χ4n) is 3.40. The van der Waals surface area contributed by atoms with E-state index in [1.807, 2.05) is 0 Å². The third-order valence-corrected chi connectivity index (χ3v) is 5.07. The molecule has 0 radical (unpaired) electrons. The Morgan fingerprint density at radius 2 is 1.89 bits per heavy atom. The van der Waals surface area contributed by atoms with Gasteiger partial charge in [0.15, 0.2) is 0 Å². The third kappa shape index (κ3) is 2.93. The van der Waals surface area contributed by atoms with Gasteiger partial charge in [0.25, 0.3) is 0 Å². The van der Waals surface area contributed by atoms with Gasteiger partial charge in [-0.05, 0) is 44.9 Å². The summed E-state index contributed by atoms with van der Waals surface area (Å²) in [5, 5.41) is 9.21. The number of amides is 1. The molecule has 1 amide bonds. The molecule has 2 fully saturated rings. The predicted octanol–water partition coefficient (Wildman–Crippen LogP) is 2.53. The average Bonchev–Trinajstić information content (AvgIpc) is 2.82. The Hall–Kier alpha value is -1.06. The van der Waals surface area contributed by atoms with E-state index < -0.39 is 11.4 Å². The Labute approximate surface area is 115 Å². The molecule has 1 saturated heterocycles. The van der Waals surface area contributed by atoms with E-state index >= 15 is 0 Å². The van der Waals surface area contributed by atoms with Crippen LogP contribution in [0.3, 0.4) is 0 Å². The molecule has 2 aliphatic rings. The Morgan fingerprint density at radius 1 is 1.26 bits per heavy atom. The molecule has 1 heterocycles. The van der Waals surface area contributed by atoms with Crippen molar-refractivity contribution in [3.05, 3.63) is 0 Å². The fourth-order valence-corrected chi connectivity index (χ4v) is 3.40. The number of carboxylic acids is 1. The van der Waals surface area contributed by atoms with E-state index in [1.54, 1.807) is 11.8 Å². The quantitative estimate of drug-likeness (QED) is 0.855. The highest BCUT2D eigenvalue weighted by Crippen LogP contribution is 2.35. The number of nitrogens with zero attached hydrogens (tertiary/aromatic N) is 1. The maximum Gasteiger partial charge on any atom is 0.311 e. The van der Waals surface area contributed by atoms with Crippen molar-refractivity contribution in [3.8, 4) is 0 Å². The number of hydrogen-bond acceptors (Lipinski definition) is 2. The van der Waals surface area contributed by atoms with Gasteiger partial charge in [-0.1, -0.05) is 13.3 Å². The number of carbonyl (C=O) groups excluding carboxylic acids is 1. The number of rotatable bonds is 3. The molecule has 1 unspecified atom stereocenters. The lowest BCUT2D eigenvalue weighted by Gasteiger charge is -2.30. The van der Waals surface area contributed by atoms with Crippen LogP contribution in [0.25, 0.3) is 0 Å². The van der Waals surface area contributed by atoms with Crippen molar-refractivity contribution in [2.24, 2.45) is 17.3 Å². The summed E-state index contributed by atoms with van der Waals surface area (Å²) < 4.78 is 0. The van der Waals surface area contributed by atoms with E-state index in [0.29, 0.717) is 19.5 Å². The summed E-state index contributed by atoms with van der Waals surface area (Å²) in [5.74, 6) is 0.336. The first-order chi connectivity index (χ1) is 8.96. The number of hydrogen-bond donors (Lipinski definition) is 1. The highest BCUT2D eigenvalue weighted by molar-refractivity contribution is 5.82. The second-order valence-electron chi connectivity index (χ2n) is 6.50. The molecule has 1 saturated carbocycles. The molecule has 0 aromatic heterocycles. The van der Waals surface area contributed by atoms with E-state index in [1.165, 1.54) is 6.42 Å². The first-order valence-electron chi connectivity index (χ1n) is 7.48. The Bertz CT molecular complexity index is 360. The van der Waals surface area contributed by atoms with E-state index in [0.717, 1.165) is 31.6 Å². The fraction of sp³-hybridized carbons (Fsp3) is 0.867. The summed E-state index contributed by atoms with van der Waals surface area (Å²) in [6.07, 6.45) is 6.06. The number of likely N-dealkylation sites (tertiary alicyclic amines) is 1. The van der Waals surface area contributed by atoms with Crippen molar-refractivity contribution in [3.63, 3.8) is 0 Å². The first kappa shape index (κ1) is 14.4. The summed E-state index contributed by atoms with van der Waals surface area (Å²) >= 11 is 0. The summed E-state index contributed by atoms with van der Waals surface area (Å²) in [6.45, 7) is 4.95. The van der Waals surface area contributed by atoms with E-state index in [-0.39, 0.29) is 11.8 Å². The van der Waals surface area contributed by atoms with Crippen LogP contribution in [0.15, 0.2) is 0 Å². The van der Waals surface area contributed by atoms with Gasteiger partial charge in [0.2, 0.25) is 5.91 Å². The van der Waals surface area contributed by atoms with Gasteiger partial charge in [0.1, 0.15) is 0 Å². The van der Waals surface area contributed by atoms with Gasteiger partial charge in [0.05, 0.1) is 5.41 Å². The van der Waals surface area contributed by atoms with E-state index in [9.17, 15) is 14.7 Å². The van der Waals surface area contributed by atoms with Gasteiger partial charge in [0, 0.05) is 19.0 Å². The molecule has 108 valence electrons. The molecular formula is C15H25NO3. The highest BCUT2D eigenvalue weighted by Gasteiger charge is 2.43. The molecule has 0 bridgehead atoms. The normalized spacial score (nSPS) is 35.4. The van der Waals surface area contributed by atoms with Gasteiger partial charge in [-0.15, -0.1) is 0 Å². The summed E-state index contributed by atoms with van der Waals surface area (Å²) in [4.78, 5) is 25.4. The second-order valence-corrected chi connectivity index (χ2v) is 6.50. The van der Waals surface area contributed by atoms with Crippen molar-refractivity contribution >= 4 is 11.9 Å². The topological polar surface area (TPSA) is 57.6 Å². The SMILES string of the molecule is CCC1CCC(C(=O)N2CCC(C)(C(=O)O)C2)CC1. The summed E-state index contributed by atoms with van der Waals surface area (Å²) in [7, 11) is 0. The molecule has 1 aliphatic heterocycles. The van der Waals surface area contributed by atoms with Crippen LogP contribution >= 0.6 is 0 Å². The van der Waals surface area contributed by atoms with Crippen molar-refractivity contribution in [2.45, 2.75) is 52.4 Å². The molecule has 0 aromatic rings. The smallest absolute Gasteiger partial charge is 0.311 e. The van der Waals surface area contributed by atoms with Gasteiger partial charge in [-0.25, -0.2) is 0 Å². The molecule has 1 aliphatic carbocycles. The van der Waals surface area contributed by atoms with Crippen LogP contribution in [0.1, 0.15) is 52.4 Å². The lowest BCUT2D eigenvalue weighted by atomic mass is 9.80. The van der Waals surface area contributed by atoms with Crippen molar-refractivity contribution in [1.82, 2.24) is 4.90 Å². The number of carbonyl (C=O) groups is 2. The van der Waals surface area contributed by atoms with Crippen LogP contribution in [0.2, 0.25) is 0 Å². The maximum absolute atomic E-state index is 12.4. The Kier molecular flexibility index (Phi) is 4.16. The summed E-state index contributed by atoms with van der Waals surface area (Å²) in [5.41, 5.74) is -0.740. The van der Waals surface area contributed by atoms with Gasteiger partial charge >= 0.3 is 5.97 Å². The highest BCUT2D eigenvalue weighted by atomic mass is 16.4. The second kappa shape index (κ2) is 5.51. The molecule has 19 heavy (non-hydrogen) atoms. The number of carboxylic acid groups (broad SMARTS) is 1. The minimum atomic E-state index is -0.780. The van der Waals surface area contributed by atoms with Gasteiger partial charge in [-0.2, -0.15) is 0 Å². The van der Waals surface area contributed by atoms with E-state index in [4.69, 9.17) is 0 Å². The molecule has 4 heteroatoms. The molecule has 0 aromatic carbocycles. The molecular weight excluding hydrogens is 242 g/mol. The monoisotopic (exact) mass is 267 g/mol. The third-order valence-electron chi connectivity index (χ3n) is 5.07. The lowest BCUT2D eigenvalue weighted by Crippen LogP contribution is -2.39. The van der Waals surface area contributed by atoms with Gasteiger partial charge < -0.3 is 10.0 Å². The van der Waals surface area contributed by atoms with Gasteiger partial charge in [-0.3, -0.25) is 9.59 Å². The zero-order chi connectivity index (χ0) is 14.0. The van der Waals surface area contributed by atoms with Crippen LogP contribution < -0.4 is 0 Å². The minimum absolute atomic E-state index is 0.138. The zero-order valence-corrected chi connectivity index (χ0v) is 12.0. The van der Waals surface area contributed by atoms with Crippen molar-refractivity contribution in [1.29, 1.82) is 0 Å². The zero-order valence-electron chi connectivity index (χ0n) is 12.0. The Morgan fingerprint density at radius 3 is 2.37 bits per heavy atom. The minimum Gasteiger partial charge on any atom is -0.481 e. The lowest BCUT2D eigenvalue weighted by molar-refractivity contribution is -0.147. The first-order valence-corrected chi connectivity index (χ1v) is 7.48. The van der Waals surface area contributed by atoms with E-state index in [2.05, 4.69) is 6.92 Å². The molecule has 1 atom stereocenters. The molecule has 4 nitrogen and oxygen atoms in total. The number of aliphatic carboxylic acids is 1. The largest absolute Gasteiger partial charge is 0.481 e. The van der Waals surface area contributed by atoms with Crippen LogP contribution in [-0.2, 0) is 9.59 Å². The molecule has 0 spiro atoms. The molecule has 2 rings (SSSR count). The summed E-state index contributed by atoms with van der Waals surface area (Å²) in [6, 6.07) is 0. The maximum atomic E-state index is 12.4. The van der Waals surface area contributed by atoms with Crippen molar-refractivity contribution < 1.29 is 14.7 Å². The average molecular weight is 267 g/mol. The van der Waals surface area contributed by atoms with Crippen molar-refractivity contribution in [2.75, 3.05) is 13.1 Å². The van der Waals surface area contributed by atoms with Crippen LogP contribution in [0, 0.1) is 17.3 Å². The van der Waals surface area contributed by atoms with Crippen LogP contribution in [0.4, 0.5) is 0 Å². The van der Waals surface area contributed by atoms with Crippen LogP contribution in [-0.4, -0.2) is 35.0 Å².